The highest BCUT2D eigenvalue weighted by molar-refractivity contribution is 5.91. The molecule has 3 rings (SSSR count). The first-order valence-corrected chi connectivity index (χ1v) is 10.8. The number of piperidine rings is 1. The zero-order valence-corrected chi connectivity index (χ0v) is 18.3. The van der Waals surface area contributed by atoms with Gasteiger partial charge in [-0.15, -0.1) is 0 Å². The third-order valence-corrected chi connectivity index (χ3v) is 5.62. The van der Waals surface area contributed by atoms with Crippen LogP contribution in [0.3, 0.4) is 0 Å². The van der Waals surface area contributed by atoms with Gasteiger partial charge < -0.3 is 24.6 Å². The van der Waals surface area contributed by atoms with Crippen LogP contribution in [-0.2, 0) is 6.54 Å². The van der Waals surface area contributed by atoms with E-state index >= 15 is 0 Å². The second kappa shape index (κ2) is 10.9. The molecule has 1 heterocycles. The lowest BCUT2D eigenvalue weighted by Gasteiger charge is -2.38. The lowest BCUT2D eigenvalue weighted by Crippen LogP contribution is -2.48. The highest BCUT2D eigenvalue weighted by Crippen LogP contribution is 2.26. The second-order valence-corrected chi connectivity index (χ2v) is 7.50. The summed E-state index contributed by atoms with van der Waals surface area (Å²) in [6.07, 6.45) is 1.94. The van der Waals surface area contributed by atoms with Gasteiger partial charge in [0.15, 0.2) is 0 Å². The van der Waals surface area contributed by atoms with Crippen molar-refractivity contribution in [2.75, 3.05) is 38.7 Å². The molecule has 2 amide bonds. The van der Waals surface area contributed by atoms with E-state index in [1.54, 1.807) is 7.11 Å². The van der Waals surface area contributed by atoms with Crippen LogP contribution in [0.1, 0.15) is 32.3 Å². The van der Waals surface area contributed by atoms with Gasteiger partial charge in [-0.2, -0.15) is 0 Å². The summed E-state index contributed by atoms with van der Waals surface area (Å²) >= 11 is 0. The Morgan fingerprint density at radius 1 is 1.13 bits per heavy atom. The lowest BCUT2D eigenvalue weighted by molar-refractivity contribution is 0.126. The van der Waals surface area contributed by atoms with Crippen molar-refractivity contribution < 1.29 is 14.3 Å². The number of nitrogens with zero attached hydrogens (tertiary/aromatic N) is 2. The number of benzene rings is 2. The Morgan fingerprint density at radius 3 is 2.60 bits per heavy atom. The van der Waals surface area contributed by atoms with Crippen molar-refractivity contribution in [3.8, 4) is 11.5 Å². The van der Waals surface area contributed by atoms with Crippen molar-refractivity contribution in [2.24, 2.45) is 0 Å². The summed E-state index contributed by atoms with van der Waals surface area (Å²) in [7, 11) is 1.66. The number of methoxy groups -OCH3 is 1. The number of ether oxygens (including phenoxy) is 2. The highest BCUT2D eigenvalue weighted by atomic mass is 16.5. The van der Waals surface area contributed by atoms with Gasteiger partial charge in [0.2, 0.25) is 0 Å². The van der Waals surface area contributed by atoms with Crippen LogP contribution < -0.4 is 14.8 Å². The Labute approximate surface area is 179 Å². The third kappa shape index (κ3) is 5.66. The van der Waals surface area contributed by atoms with Crippen molar-refractivity contribution in [3.63, 3.8) is 0 Å². The lowest BCUT2D eigenvalue weighted by atomic mass is 10.0. The van der Waals surface area contributed by atoms with Gasteiger partial charge in [0, 0.05) is 25.7 Å². The first-order valence-electron chi connectivity index (χ1n) is 10.8. The first-order chi connectivity index (χ1) is 14.6. The summed E-state index contributed by atoms with van der Waals surface area (Å²) < 4.78 is 11.1. The first kappa shape index (κ1) is 22.0. The number of rotatable bonds is 8. The number of hydrogen-bond donors (Lipinski definition) is 1. The average Bonchev–Trinajstić information content (AvgIpc) is 2.79. The molecule has 0 saturated carbocycles. The van der Waals surface area contributed by atoms with E-state index in [2.05, 4.69) is 17.1 Å². The van der Waals surface area contributed by atoms with Crippen molar-refractivity contribution in [1.82, 2.24) is 9.80 Å². The molecular formula is C24H33N3O3. The Hall–Kier alpha value is -2.73. The van der Waals surface area contributed by atoms with Crippen molar-refractivity contribution in [2.45, 2.75) is 39.3 Å². The van der Waals surface area contributed by atoms with Gasteiger partial charge >= 0.3 is 6.03 Å². The number of urea groups is 1. The van der Waals surface area contributed by atoms with Crippen molar-refractivity contribution >= 4 is 11.7 Å². The van der Waals surface area contributed by atoms with E-state index in [0.717, 1.165) is 43.8 Å². The van der Waals surface area contributed by atoms with Gasteiger partial charge in [0.25, 0.3) is 0 Å². The van der Waals surface area contributed by atoms with Crippen molar-refractivity contribution in [3.05, 3.63) is 54.1 Å². The van der Waals surface area contributed by atoms with Gasteiger partial charge in [0.05, 0.1) is 19.4 Å². The molecule has 162 valence electrons. The predicted octanol–water partition coefficient (Wildman–Crippen LogP) is 4.61. The highest BCUT2D eigenvalue weighted by Gasteiger charge is 2.28. The minimum atomic E-state index is -0.0973. The van der Waals surface area contributed by atoms with E-state index < -0.39 is 0 Å². The minimum Gasteiger partial charge on any atom is -0.497 e. The average molecular weight is 412 g/mol. The molecule has 1 saturated heterocycles. The zero-order chi connectivity index (χ0) is 21.3. The fraction of sp³-hybridized carbons (Fsp3) is 0.458. The fourth-order valence-electron chi connectivity index (χ4n) is 3.92. The summed E-state index contributed by atoms with van der Waals surface area (Å²) in [6, 6.07) is 15.6. The summed E-state index contributed by atoms with van der Waals surface area (Å²) in [5.74, 6) is 1.49. The van der Waals surface area contributed by atoms with Gasteiger partial charge in [-0.3, -0.25) is 0 Å². The van der Waals surface area contributed by atoms with E-state index in [1.165, 1.54) is 0 Å². The monoisotopic (exact) mass is 411 g/mol. The number of nitrogens with one attached hydrogen (secondary N) is 1. The number of amides is 2. The largest absolute Gasteiger partial charge is 0.497 e. The number of anilines is 1. The van der Waals surface area contributed by atoms with Gasteiger partial charge in [0.1, 0.15) is 11.5 Å². The molecule has 0 radical (unpaired) electrons. The molecule has 1 fully saturated rings. The smallest absolute Gasteiger partial charge is 0.322 e. The number of carbonyl (C=O) groups is 1. The number of para-hydroxylation sites is 2. The molecule has 0 bridgehead atoms. The molecule has 0 spiro atoms. The van der Waals surface area contributed by atoms with Gasteiger partial charge in [-0.25, -0.2) is 4.79 Å². The van der Waals surface area contributed by atoms with Crippen LogP contribution in [0, 0.1) is 0 Å². The third-order valence-electron chi connectivity index (χ3n) is 5.62. The van der Waals surface area contributed by atoms with E-state index in [1.807, 2.05) is 60.4 Å². The predicted molar refractivity (Wildman–Crippen MR) is 120 cm³/mol. The molecule has 0 aliphatic carbocycles. The maximum Gasteiger partial charge on any atom is 0.322 e. The number of hydrogen-bond acceptors (Lipinski definition) is 4. The molecule has 30 heavy (non-hydrogen) atoms. The van der Waals surface area contributed by atoms with Crippen molar-refractivity contribution in [1.29, 1.82) is 0 Å². The topological polar surface area (TPSA) is 54.0 Å². The summed E-state index contributed by atoms with van der Waals surface area (Å²) in [4.78, 5) is 17.8. The molecule has 6 nitrogen and oxygen atoms in total. The van der Waals surface area contributed by atoms with Crippen LogP contribution in [0.2, 0.25) is 0 Å². The van der Waals surface area contributed by atoms with Crippen LogP contribution in [0.4, 0.5) is 10.5 Å². The quantitative estimate of drug-likeness (QED) is 0.689. The Balaban J connectivity index is 1.80. The zero-order valence-electron chi connectivity index (χ0n) is 18.3. The summed E-state index contributed by atoms with van der Waals surface area (Å²) in [5, 5.41) is 3.08. The molecule has 0 atom stereocenters. The Kier molecular flexibility index (Phi) is 7.97. The molecule has 1 aliphatic rings. The standard InChI is InChI=1S/C24H33N3O3/c1-4-26-15-13-20(14-16-26)27(18-19-9-8-10-21(17-19)29-3)24(28)25-22-11-6-7-12-23(22)30-5-2/h6-12,17,20H,4-5,13-16,18H2,1-3H3,(H,25,28). The van der Waals surface area contributed by atoms with E-state index in [0.29, 0.717) is 24.6 Å². The Morgan fingerprint density at radius 2 is 1.90 bits per heavy atom. The SMILES string of the molecule is CCOc1ccccc1NC(=O)N(Cc1cccc(OC)c1)C1CCN(CC)CC1. The summed E-state index contributed by atoms with van der Waals surface area (Å²) in [5.41, 5.74) is 1.76. The van der Waals surface area contributed by atoms with Gasteiger partial charge in [-0.1, -0.05) is 31.2 Å². The van der Waals surface area contributed by atoms with Crippen LogP contribution in [0.25, 0.3) is 0 Å². The number of carbonyl (C=O) groups excluding carboxylic acids is 1. The fourth-order valence-corrected chi connectivity index (χ4v) is 3.92. The molecule has 1 aliphatic heterocycles. The minimum absolute atomic E-state index is 0.0973. The number of likely N-dealkylation sites (tertiary alicyclic amines) is 1. The maximum atomic E-state index is 13.4. The Bertz CT molecular complexity index is 819. The maximum absolute atomic E-state index is 13.4. The van der Waals surface area contributed by atoms with Crippen LogP contribution in [0.15, 0.2) is 48.5 Å². The molecule has 2 aromatic carbocycles. The van der Waals surface area contributed by atoms with E-state index in [9.17, 15) is 4.79 Å². The molecule has 2 aromatic rings. The molecule has 0 unspecified atom stereocenters. The summed E-state index contributed by atoms with van der Waals surface area (Å²) in [6.45, 7) is 8.29. The second-order valence-electron chi connectivity index (χ2n) is 7.50. The van der Waals surface area contributed by atoms with Crippen LogP contribution in [0.5, 0.6) is 11.5 Å². The molecule has 1 N–H and O–H groups in total. The normalized spacial score (nSPS) is 14.9. The molecular weight excluding hydrogens is 378 g/mol. The van der Waals surface area contributed by atoms with Crippen LogP contribution in [-0.4, -0.2) is 55.2 Å². The molecule has 0 aromatic heterocycles. The van der Waals surface area contributed by atoms with E-state index in [4.69, 9.17) is 9.47 Å². The van der Waals surface area contributed by atoms with Crippen LogP contribution >= 0.6 is 0 Å². The molecule has 6 heteroatoms. The van der Waals surface area contributed by atoms with Gasteiger partial charge in [-0.05, 0) is 56.1 Å². The van der Waals surface area contributed by atoms with E-state index in [-0.39, 0.29) is 12.1 Å².